The minimum Gasteiger partial charge on any atom is -0.469 e. The van der Waals surface area contributed by atoms with Crippen molar-refractivity contribution in [3.05, 3.63) is 33.3 Å². The van der Waals surface area contributed by atoms with E-state index in [0.29, 0.717) is 11.1 Å². The van der Waals surface area contributed by atoms with Crippen LogP contribution in [-0.2, 0) is 16.0 Å². The zero-order valence-electron chi connectivity index (χ0n) is 8.54. The van der Waals surface area contributed by atoms with Crippen molar-refractivity contribution in [3.8, 4) is 0 Å². The zero-order chi connectivity index (χ0) is 11.4. The molecule has 0 unspecified atom stereocenters. The first kappa shape index (κ1) is 11.9. The number of hydrogen-bond donors (Lipinski definition) is 0. The summed E-state index contributed by atoms with van der Waals surface area (Å²) in [4.78, 5) is 21.9. The summed E-state index contributed by atoms with van der Waals surface area (Å²) in [5.41, 5.74) is 2.18. The summed E-state index contributed by atoms with van der Waals surface area (Å²) in [6.45, 7) is 1.90. The van der Waals surface area contributed by atoms with Gasteiger partial charge in [-0.3, -0.25) is 9.59 Å². The third-order valence-corrected chi connectivity index (χ3v) is 3.25. The second-order valence-corrected chi connectivity index (χ2v) is 3.93. The molecule has 0 aliphatic heterocycles. The van der Waals surface area contributed by atoms with Gasteiger partial charge in [0.05, 0.1) is 13.5 Å². The average molecular weight is 271 g/mol. The lowest BCUT2D eigenvalue weighted by atomic mass is 10.0. The van der Waals surface area contributed by atoms with E-state index in [4.69, 9.17) is 0 Å². The number of benzene rings is 1. The fraction of sp³-hybridized carbons (Fsp3) is 0.273. The Bertz CT molecular complexity index is 399. The van der Waals surface area contributed by atoms with Crippen molar-refractivity contribution in [2.45, 2.75) is 13.3 Å². The first-order valence-corrected chi connectivity index (χ1v) is 5.19. The SMILES string of the molecule is COC(=O)Cc1c(C=O)ccc(C)c1Br. The van der Waals surface area contributed by atoms with Crippen LogP contribution in [0.5, 0.6) is 0 Å². The minimum atomic E-state index is -0.357. The maximum atomic E-state index is 11.2. The fourth-order valence-electron chi connectivity index (χ4n) is 1.26. The van der Waals surface area contributed by atoms with Crippen molar-refractivity contribution in [2.75, 3.05) is 7.11 Å². The van der Waals surface area contributed by atoms with Crippen LogP contribution in [0.1, 0.15) is 21.5 Å². The first-order chi connectivity index (χ1) is 7.10. The molecule has 0 aromatic heterocycles. The zero-order valence-corrected chi connectivity index (χ0v) is 10.1. The van der Waals surface area contributed by atoms with Crippen LogP contribution in [0.2, 0.25) is 0 Å². The smallest absolute Gasteiger partial charge is 0.310 e. The van der Waals surface area contributed by atoms with Crippen LogP contribution in [-0.4, -0.2) is 19.4 Å². The van der Waals surface area contributed by atoms with Crippen molar-refractivity contribution in [3.63, 3.8) is 0 Å². The molecule has 0 bridgehead atoms. The second kappa shape index (κ2) is 5.07. The van der Waals surface area contributed by atoms with E-state index in [9.17, 15) is 9.59 Å². The number of esters is 1. The van der Waals surface area contributed by atoms with E-state index < -0.39 is 0 Å². The highest BCUT2D eigenvalue weighted by Crippen LogP contribution is 2.24. The lowest BCUT2D eigenvalue weighted by molar-refractivity contribution is -0.139. The molecule has 0 radical (unpaired) electrons. The van der Waals surface area contributed by atoms with E-state index >= 15 is 0 Å². The highest BCUT2D eigenvalue weighted by Gasteiger charge is 2.12. The van der Waals surface area contributed by atoms with E-state index in [0.717, 1.165) is 16.3 Å². The Balaban J connectivity index is 3.17. The Hall–Kier alpha value is -1.16. The predicted molar refractivity (Wildman–Crippen MR) is 60.0 cm³/mol. The minimum absolute atomic E-state index is 0.104. The highest BCUT2D eigenvalue weighted by atomic mass is 79.9. The Morgan fingerprint density at radius 3 is 2.73 bits per heavy atom. The molecule has 0 aliphatic carbocycles. The Morgan fingerprint density at radius 2 is 2.20 bits per heavy atom. The van der Waals surface area contributed by atoms with Crippen LogP contribution in [0.25, 0.3) is 0 Å². The summed E-state index contributed by atoms with van der Waals surface area (Å²) in [6, 6.07) is 3.53. The van der Waals surface area contributed by atoms with Gasteiger partial charge in [-0.25, -0.2) is 0 Å². The molecule has 0 aliphatic rings. The first-order valence-electron chi connectivity index (χ1n) is 4.40. The van der Waals surface area contributed by atoms with E-state index in [-0.39, 0.29) is 12.4 Å². The van der Waals surface area contributed by atoms with Gasteiger partial charge in [-0.05, 0) is 18.1 Å². The van der Waals surface area contributed by atoms with Gasteiger partial charge in [0, 0.05) is 10.0 Å². The van der Waals surface area contributed by atoms with Crippen molar-refractivity contribution in [1.82, 2.24) is 0 Å². The van der Waals surface area contributed by atoms with Crippen LogP contribution in [0.15, 0.2) is 16.6 Å². The summed E-state index contributed by atoms with van der Waals surface area (Å²) in [5.74, 6) is -0.357. The summed E-state index contributed by atoms with van der Waals surface area (Å²) in [5, 5.41) is 0. The molecule has 0 fully saturated rings. The van der Waals surface area contributed by atoms with Gasteiger partial charge in [0.25, 0.3) is 0 Å². The molecule has 0 saturated carbocycles. The molecule has 1 aromatic carbocycles. The third kappa shape index (κ3) is 2.65. The number of halogens is 1. The number of rotatable bonds is 3. The summed E-state index contributed by atoms with van der Waals surface area (Å²) in [6.07, 6.45) is 0.843. The molecule has 0 saturated heterocycles. The van der Waals surface area contributed by atoms with Crippen molar-refractivity contribution in [2.24, 2.45) is 0 Å². The van der Waals surface area contributed by atoms with Gasteiger partial charge in [0.1, 0.15) is 6.29 Å². The number of aryl methyl sites for hydroxylation is 1. The maximum absolute atomic E-state index is 11.2. The number of methoxy groups -OCH3 is 1. The molecule has 1 aromatic rings. The Labute approximate surface area is 96.6 Å². The van der Waals surface area contributed by atoms with Gasteiger partial charge in [-0.15, -0.1) is 0 Å². The molecule has 3 nitrogen and oxygen atoms in total. The van der Waals surface area contributed by atoms with Crippen molar-refractivity contribution in [1.29, 1.82) is 0 Å². The average Bonchev–Trinajstić information content (AvgIpc) is 2.25. The van der Waals surface area contributed by atoms with Crippen LogP contribution in [0, 0.1) is 6.92 Å². The number of carbonyl (C=O) groups excluding carboxylic acids is 2. The summed E-state index contributed by atoms with van der Waals surface area (Å²) in [7, 11) is 1.33. The summed E-state index contributed by atoms with van der Waals surface area (Å²) < 4.78 is 5.36. The number of ether oxygens (including phenoxy) is 1. The van der Waals surface area contributed by atoms with Crippen molar-refractivity contribution < 1.29 is 14.3 Å². The van der Waals surface area contributed by atoms with Gasteiger partial charge in [-0.1, -0.05) is 28.1 Å². The molecular formula is C11H11BrO3. The van der Waals surface area contributed by atoms with Gasteiger partial charge in [-0.2, -0.15) is 0 Å². The molecule has 0 heterocycles. The maximum Gasteiger partial charge on any atom is 0.310 e. The van der Waals surface area contributed by atoms with Gasteiger partial charge < -0.3 is 4.74 Å². The standard InChI is InChI=1S/C11H11BrO3/c1-7-3-4-8(6-13)9(11(7)12)5-10(14)15-2/h3-4,6H,5H2,1-2H3. The predicted octanol–water partition coefficient (Wildman–Crippen LogP) is 2.29. The molecule has 0 atom stereocenters. The van der Waals surface area contributed by atoms with Gasteiger partial charge in [0.15, 0.2) is 0 Å². The number of hydrogen-bond acceptors (Lipinski definition) is 3. The molecule has 0 amide bonds. The van der Waals surface area contributed by atoms with Crippen LogP contribution in [0.4, 0.5) is 0 Å². The van der Waals surface area contributed by atoms with Crippen LogP contribution < -0.4 is 0 Å². The molecule has 0 N–H and O–H groups in total. The van der Waals surface area contributed by atoms with E-state index in [1.807, 2.05) is 13.0 Å². The topological polar surface area (TPSA) is 43.4 Å². The second-order valence-electron chi connectivity index (χ2n) is 3.13. The normalized spacial score (nSPS) is 9.80. The third-order valence-electron chi connectivity index (χ3n) is 2.15. The number of carbonyl (C=O) groups is 2. The molecule has 15 heavy (non-hydrogen) atoms. The van der Waals surface area contributed by atoms with E-state index in [1.165, 1.54) is 7.11 Å². The largest absolute Gasteiger partial charge is 0.469 e. The lowest BCUT2D eigenvalue weighted by Crippen LogP contribution is -2.08. The molecule has 0 spiro atoms. The quantitative estimate of drug-likeness (QED) is 0.625. The molecule has 1 rings (SSSR count). The molecular weight excluding hydrogens is 260 g/mol. The Morgan fingerprint density at radius 1 is 1.53 bits per heavy atom. The fourth-order valence-corrected chi connectivity index (χ4v) is 1.76. The van der Waals surface area contributed by atoms with Crippen molar-refractivity contribution >= 4 is 28.2 Å². The van der Waals surface area contributed by atoms with E-state index in [2.05, 4.69) is 20.7 Å². The van der Waals surface area contributed by atoms with Crippen LogP contribution in [0.3, 0.4) is 0 Å². The summed E-state index contributed by atoms with van der Waals surface area (Å²) >= 11 is 3.36. The van der Waals surface area contributed by atoms with E-state index in [1.54, 1.807) is 6.07 Å². The Kier molecular flexibility index (Phi) is 4.03. The van der Waals surface area contributed by atoms with Gasteiger partial charge >= 0.3 is 5.97 Å². The monoisotopic (exact) mass is 270 g/mol. The number of aldehydes is 1. The molecule has 4 heteroatoms. The molecule has 80 valence electrons. The van der Waals surface area contributed by atoms with Crippen LogP contribution >= 0.6 is 15.9 Å². The lowest BCUT2D eigenvalue weighted by Gasteiger charge is -2.08. The highest BCUT2D eigenvalue weighted by molar-refractivity contribution is 9.10. The van der Waals surface area contributed by atoms with Gasteiger partial charge in [0.2, 0.25) is 0 Å².